The number of nitriles is 1. The lowest BCUT2D eigenvalue weighted by molar-refractivity contribution is 0.391. The molecule has 1 saturated carbocycles. The van der Waals surface area contributed by atoms with Crippen LogP contribution in [0.2, 0.25) is 0 Å². The summed E-state index contributed by atoms with van der Waals surface area (Å²) in [5, 5.41) is 12.1. The van der Waals surface area contributed by atoms with Gasteiger partial charge < -0.3 is 5.32 Å². The molecule has 1 aromatic rings. The predicted octanol–water partition coefficient (Wildman–Crippen LogP) is 3.60. The molecular formula is C13H14F2N2. The van der Waals surface area contributed by atoms with Gasteiger partial charge in [-0.15, -0.1) is 0 Å². The minimum absolute atomic E-state index is 0.0773. The predicted molar refractivity (Wildman–Crippen MR) is 61.4 cm³/mol. The third-order valence-electron chi connectivity index (χ3n) is 3.22. The van der Waals surface area contributed by atoms with E-state index in [1.54, 1.807) is 0 Å². The Morgan fingerprint density at radius 3 is 2.53 bits per heavy atom. The highest BCUT2D eigenvalue weighted by atomic mass is 19.1. The van der Waals surface area contributed by atoms with Crippen molar-refractivity contribution in [3.05, 3.63) is 29.8 Å². The van der Waals surface area contributed by atoms with Gasteiger partial charge in [-0.1, -0.05) is 19.3 Å². The van der Waals surface area contributed by atoms with Crippen molar-refractivity contribution in [2.45, 2.75) is 37.6 Å². The number of anilines is 1. The van der Waals surface area contributed by atoms with Crippen LogP contribution in [0.3, 0.4) is 0 Å². The van der Waals surface area contributed by atoms with Crippen LogP contribution in [-0.2, 0) is 0 Å². The number of nitrogens with zero attached hydrogens (tertiary/aromatic N) is 1. The van der Waals surface area contributed by atoms with Gasteiger partial charge in [-0.25, -0.2) is 8.78 Å². The lowest BCUT2D eigenvalue weighted by Crippen LogP contribution is -2.39. The number of hydrogen-bond acceptors (Lipinski definition) is 2. The van der Waals surface area contributed by atoms with Crippen LogP contribution < -0.4 is 5.32 Å². The fraction of sp³-hybridized carbons (Fsp3) is 0.462. The second-order valence-electron chi connectivity index (χ2n) is 4.50. The molecule has 0 radical (unpaired) electrons. The molecule has 0 atom stereocenters. The standard InChI is InChI=1S/C13H14F2N2/c14-10-4-5-11(15)12(8-10)17-13(9-16)6-2-1-3-7-13/h4-5,8,17H,1-3,6-7H2. The maximum atomic E-state index is 13.5. The Kier molecular flexibility index (Phi) is 3.28. The zero-order chi connectivity index (χ0) is 12.3. The molecule has 0 aromatic heterocycles. The van der Waals surface area contributed by atoms with E-state index >= 15 is 0 Å². The molecule has 0 aliphatic heterocycles. The molecule has 0 saturated heterocycles. The van der Waals surface area contributed by atoms with E-state index in [4.69, 9.17) is 0 Å². The van der Waals surface area contributed by atoms with Crippen LogP contribution in [0.5, 0.6) is 0 Å². The van der Waals surface area contributed by atoms with Gasteiger partial charge in [0.15, 0.2) is 0 Å². The van der Waals surface area contributed by atoms with Crippen LogP contribution in [0.15, 0.2) is 18.2 Å². The molecule has 90 valence electrons. The summed E-state index contributed by atoms with van der Waals surface area (Å²) in [5.41, 5.74) is -0.666. The summed E-state index contributed by atoms with van der Waals surface area (Å²) in [6.45, 7) is 0. The molecule has 0 heterocycles. The van der Waals surface area contributed by atoms with Crippen molar-refractivity contribution >= 4 is 5.69 Å². The molecule has 0 amide bonds. The first-order chi connectivity index (χ1) is 8.15. The zero-order valence-electron chi connectivity index (χ0n) is 9.47. The maximum Gasteiger partial charge on any atom is 0.146 e. The quantitative estimate of drug-likeness (QED) is 0.851. The van der Waals surface area contributed by atoms with Crippen LogP contribution in [0.1, 0.15) is 32.1 Å². The number of benzene rings is 1. The fourth-order valence-corrected chi connectivity index (χ4v) is 2.27. The third-order valence-corrected chi connectivity index (χ3v) is 3.22. The highest BCUT2D eigenvalue weighted by molar-refractivity contribution is 5.49. The van der Waals surface area contributed by atoms with Crippen LogP contribution in [0.4, 0.5) is 14.5 Å². The Hall–Kier alpha value is -1.63. The molecule has 0 unspecified atom stereocenters. The van der Waals surface area contributed by atoms with Gasteiger partial charge in [0, 0.05) is 0 Å². The first-order valence-electron chi connectivity index (χ1n) is 5.80. The van der Waals surface area contributed by atoms with Crippen LogP contribution in [0, 0.1) is 23.0 Å². The summed E-state index contributed by atoms with van der Waals surface area (Å²) in [7, 11) is 0. The van der Waals surface area contributed by atoms with Crippen molar-refractivity contribution in [2.75, 3.05) is 5.32 Å². The highest BCUT2D eigenvalue weighted by Gasteiger charge is 2.32. The third kappa shape index (κ3) is 2.55. The molecule has 0 spiro atoms. The van der Waals surface area contributed by atoms with Crippen molar-refractivity contribution in [3.63, 3.8) is 0 Å². The summed E-state index contributed by atoms with van der Waals surface area (Å²) >= 11 is 0. The van der Waals surface area contributed by atoms with Gasteiger partial charge in [0.05, 0.1) is 11.8 Å². The normalized spacial score (nSPS) is 18.4. The molecule has 1 aliphatic carbocycles. The lowest BCUT2D eigenvalue weighted by Gasteiger charge is -2.32. The Labute approximate surface area is 99.3 Å². The van der Waals surface area contributed by atoms with Gasteiger partial charge in [-0.05, 0) is 31.0 Å². The van der Waals surface area contributed by atoms with E-state index in [1.807, 2.05) is 0 Å². The fourth-order valence-electron chi connectivity index (χ4n) is 2.27. The van der Waals surface area contributed by atoms with Crippen LogP contribution in [0.25, 0.3) is 0 Å². The molecule has 1 fully saturated rings. The van der Waals surface area contributed by atoms with Crippen molar-refractivity contribution in [3.8, 4) is 6.07 Å². The van der Waals surface area contributed by atoms with Crippen molar-refractivity contribution in [2.24, 2.45) is 0 Å². The van der Waals surface area contributed by atoms with Crippen molar-refractivity contribution in [1.29, 1.82) is 5.26 Å². The van der Waals surface area contributed by atoms with E-state index in [0.717, 1.165) is 37.5 Å². The van der Waals surface area contributed by atoms with Crippen LogP contribution >= 0.6 is 0 Å². The Morgan fingerprint density at radius 1 is 1.18 bits per heavy atom. The van der Waals surface area contributed by atoms with E-state index in [2.05, 4.69) is 11.4 Å². The molecule has 1 N–H and O–H groups in total. The lowest BCUT2D eigenvalue weighted by atomic mass is 9.82. The highest BCUT2D eigenvalue weighted by Crippen LogP contribution is 2.32. The van der Waals surface area contributed by atoms with E-state index < -0.39 is 17.2 Å². The average Bonchev–Trinajstić information content (AvgIpc) is 2.35. The Balaban J connectivity index is 2.23. The minimum Gasteiger partial charge on any atom is -0.365 e. The maximum absolute atomic E-state index is 13.5. The van der Waals surface area contributed by atoms with Gasteiger partial charge in [0.2, 0.25) is 0 Å². The van der Waals surface area contributed by atoms with E-state index in [-0.39, 0.29) is 5.69 Å². The Morgan fingerprint density at radius 2 is 1.88 bits per heavy atom. The zero-order valence-corrected chi connectivity index (χ0v) is 9.47. The van der Waals surface area contributed by atoms with Crippen molar-refractivity contribution < 1.29 is 8.78 Å². The molecule has 17 heavy (non-hydrogen) atoms. The summed E-state index contributed by atoms with van der Waals surface area (Å²) in [4.78, 5) is 0. The Bertz CT molecular complexity index is 445. The van der Waals surface area contributed by atoms with E-state index in [9.17, 15) is 14.0 Å². The molecule has 1 aliphatic rings. The van der Waals surface area contributed by atoms with E-state index in [1.165, 1.54) is 0 Å². The number of rotatable bonds is 2. The smallest absolute Gasteiger partial charge is 0.146 e. The molecule has 2 rings (SSSR count). The topological polar surface area (TPSA) is 35.8 Å². The first kappa shape index (κ1) is 11.8. The molecule has 2 nitrogen and oxygen atoms in total. The summed E-state index contributed by atoms with van der Waals surface area (Å²) < 4.78 is 26.5. The largest absolute Gasteiger partial charge is 0.365 e. The minimum atomic E-state index is -0.743. The number of halogens is 2. The molecular weight excluding hydrogens is 222 g/mol. The van der Waals surface area contributed by atoms with E-state index in [0.29, 0.717) is 12.8 Å². The summed E-state index contributed by atoms with van der Waals surface area (Å²) in [5.74, 6) is -1.02. The summed E-state index contributed by atoms with van der Waals surface area (Å²) in [6.07, 6.45) is 4.34. The second-order valence-corrected chi connectivity index (χ2v) is 4.50. The number of hydrogen-bond donors (Lipinski definition) is 1. The monoisotopic (exact) mass is 236 g/mol. The van der Waals surface area contributed by atoms with Gasteiger partial charge in [-0.2, -0.15) is 5.26 Å². The van der Waals surface area contributed by atoms with Gasteiger partial charge in [-0.3, -0.25) is 0 Å². The van der Waals surface area contributed by atoms with Crippen LogP contribution in [-0.4, -0.2) is 5.54 Å². The average molecular weight is 236 g/mol. The molecule has 0 bridgehead atoms. The van der Waals surface area contributed by atoms with Gasteiger partial charge in [0.25, 0.3) is 0 Å². The number of nitrogens with one attached hydrogen (secondary N) is 1. The molecule has 4 heteroatoms. The second kappa shape index (κ2) is 4.70. The van der Waals surface area contributed by atoms with Gasteiger partial charge >= 0.3 is 0 Å². The SMILES string of the molecule is N#CC1(Nc2cc(F)ccc2F)CCCCC1. The van der Waals surface area contributed by atoms with Crippen molar-refractivity contribution in [1.82, 2.24) is 0 Å². The van der Waals surface area contributed by atoms with Gasteiger partial charge in [0.1, 0.15) is 17.2 Å². The molecule has 1 aromatic carbocycles. The first-order valence-corrected chi connectivity index (χ1v) is 5.80. The summed E-state index contributed by atoms with van der Waals surface area (Å²) in [6, 6.07) is 5.46.